The third-order valence-electron chi connectivity index (χ3n) is 22.8. The van der Waals surface area contributed by atoms with Crippen LogP contribution in [0.2, 0.25) is 0 Å². The van der Waals surface area contributed by atoms with Crippen molar-refractivity contribution in [3.8, 4) is 0 Å². The lowest BCUT2D eigenvalue weighted by Crippen LogP contribution is -2.70. The number of aliphatic hydroxyl groups is 16. The molecule has 0 spiro atoms. The van der Waals surface area contributed by atoms with Crippen molar-refractivity contribution in [3.05, 3.63) is 11.6 Å². The molecule has 3 unspecified atom stereocenters. The van der Waals surface area contributed by atoms with Gasteiger partial charge >= 0.3 is 5.97 Å². The molecule has 0 aromatic carbocycles. The van der Waals surface area contributed by atoms with E-state index < -0.39 is 225 Å². The maximum Gasteiger partial charge on any atom is 0.317 e. The first-order valence-electron chi connectivity index (χ1n) is 30.2. The van der Waals surface area contributed by atoms with E-state index in [2.05, 4.69) is 40.7 Å². The van der Waals surface area contributed by atoms with E-state index in [1.807, 2.05) is 6.92 Å². The summed E-state index contributed by atoms with van der Waals surface area (Å²) >= 11 is 0. The lowest BCUT2D eigenvalue weighted by molar-refractivity contribution is -0.374. The minimum absolute atomic E-state index is 0.122. The van der Waals surface area contributed by atoms with E-state index in [0.29, 0.717) is 32.1 Å². The van der Waals surface area contributed by atoms with E-state index >= 15 is 4.79 Å². The van der Waals surface area contributed by atoms with E-state index in [-0.39, 0.29) is 36.5 Å². The molecule has 5 heterocycles. The fourth-order valence-corrected chi connectivity index (χ4v) is 17.5. The first-order chi connectivity index (χ1) is 39.7. The van der Waals surface area contributed by atoms with E-state index in [4.69, 9.17) is 47.4 Å². The largest absolute Gasteiger partial charge is 0.432 e. The van der Waals surface area contributed by atoms with Gasteiger partial charge in [0.15, 0.2) is 31.3 Å². The molecule has 4 saturated carbocycles. The third kappa shape index (κ3) is 10.8. The van der Waals surface area contributed by atoms with E-state index in [1.165, 1.54) is 13.8 Å². The van der Waals surface area contributed by atoms with Crippen LogP contribution < -0.4 is 0 Å². The van der Waals surface area contributed by atoms with Gasteiger partial charge in [0.2, 0.25) is 6.29 Å². The second-order valence-electron chi connectivity index (χ2n) is 28.3. The molecule has 9 fully saturated rings. The van der Waals surface area contributed by atoms with Crippen LogP contribution in [0, 0.1) is 50.2 Å². The van der Waals surface area contributed by atoms with Gasteiger partial charge in [0.25, 0.3) is 0 Å². The summed E-state index contributed by atoms with van der Waals surface area (Å²) < 4.78 is 59.0. The van der Waals surface area contributed by atoms with Crippen LogP contribution in [0.15, 0.2) is 11.6 Å². The normalized spacial score (nSPS) is 56.1. The fourth-order valence-electron chi connectivity index (χ4n) is 17.5. The Balaban J connectivity index is 0.861. The molecule has 10 rings (SSSR count). The van der Waals surface area contributed by atoms with Gasteiger partial charge < -0.3 is 129 Å². The quantitative estimate of drug-likeness (QED) is 0.0504. The molecule has 5 aliphatic carbocycles. The SMILES string of the molecule is C[C@@H]1O[C@@H](OC(=O)[C@]23CCC(C)(C)CC2C2=CCC4[C@@]5(C)C[C@H](O)[C@H](O[C@@H]6O[C@H](CO)[C@@H](O)[C@H](O)[C@H]6O)[C@@](C)(CO)C5CC[C@@]4(C)[C@]2(C)C[C@H]3O)[C@@H](O[C@@H]2OC[C@@H](O[C@@H]3O[C@@H](C)[C@H](O)[C@@H](O[C@@H]4OC[C@@H](O)[C@H](O)[C@H]4O)[C@@H]3O)[C@H](O)[C@H]2O)[C@H](O)[C@H]1O. The highest BCUT2D eigenvalue weighted by Crippen LogP contribution is 2.76. The molecule has 27 nitrogen and oxygen atoms in total. The van der Waals surface area contributed by atoms with Crippen LogP contribution in [-0.2, 0) is 52.2 Å². The van der Waals surface area contributed by atoms with Crippen LogP contribution in [0.3, 0.4) is 0 Å². The number of fused-ring (bicyclic) bond motifs is 7. The van der Waals surface area contributed by atoms with Crippen molar-refractivity contribution in [2.45, 2.75) is 266 Å². The van der Waals surface area contributed by atoms with Crippen LogP contribution in [0.5, 0.6) is 0 Å². The van der Waals surface area contributed by atoms with Gasteiger partial charge in [-0.05, 0) is 105 Å². The van der Waals surface area contributed by atoms with Crippen LogP contribution in [0.1, 0.15) is 107 Å². The number of hydrogen-bond donors (Lipinski definition) is 16. The Bertz CT molecular complexity index is 2390. The summed E-state index contributed by atoms with van der Waals surface area (Å²) in [5.74, 6) is -1.85. The number of carbonyl (C=O) groups excluding carboxylic acids is 1. The zero-order valence-corrected chi connectivity index (χ0v) is 49.5. The Morgan fingerprint density at radius 1 is 0.565 bits per heavy atom. The first-order valence-corrected chi connectivity index (χ1v) is 30.2. The molecule has 5 saturated heterocycles. The molecule has 0 radical (unpaired) electrons. The molecule has 0 amide bonds. The second kappa shape index (κ2) is 24.0. The Morgan fingerprint density at radius 3 is 1.85 bits per heavy atom. The lowest BCUT2D eigenvalue weighted by atomic mass is 9.33. The molecule has 0 aromatic rings. The standard InChI is InChI=1S/C58H94O27/c1-22-33(64)39(70)45(83-48-41(72)37(68)29(20-77-48)81-50-43(74)44(34(65)23(2)78-50)82-47-40(71)35(66)27(62)19-76-47)51(79-22)85-52(75)58-14-13-53(3,4)15-25(58)24-9-10-31-54(5)16-26(61)46(84-49-42(73)38(69)36(67)28(18-59)80-49)55(6,21-60)30(54)11-12-56(31,7)57(24,8)17-32(58)63/h9,22-23,25-51,59-74H,10-21H2,1-8H3/t22-,23-,25?,26-,27+,28+,29+,30?,31?,32+,33-,34-,35-,36+,37-,38-,39+,40+,41+,42+,43-,44+,45-,46-,47-,48-,49-,50-,51-,54-,55-,56+,57+,58+/m0/s1. The molecule has 0 aromatic heterocycles. The Kier molecular flexibility index (Phi) is 18.7. The van der Waals surface area contributed by atoms with Crippen molar-refractivity contribution in [3.63, 3.8) is 0 Å². The number of carbonyl (C=O) groups is 1. The summed E-state index contributed by atoms with van der Waals surface area (Å²) in [6.45, 7) is 13.3. The van der Waals surface area contributed by atoms with Crippen molar-refractivity contribution >= 4 is 5.97 Å². The zero-order valence-electron chi connectivity index (χ0n) is 49.5. The Morgan fingerprint density at radius 2 is 1.18 bits per heavy atom. The predicted molar refractivity (Wildman–Crippen MR) is 285 cm³/mol. The summed E-state index contributed by atoms with van der Waals surface area (Å²) in [7, 11) is 0. The Hall–Kier alpha value is -1.79. The average molecular weight is 1220 g/mol. The molecule has 10 aliphatic rings. The summed E-state index contributed by atoms with van der Waals surface area (Å²) in [4.78, 5) is 15.5. The predicted octanol–water partition coefficient (Wildman–Crippen LogP) is -3.96. The molecule has 488 valence electrons. The van der Waals surface area contributed by atoms with Crippen molar-refractivity contribution in [2.24, 2.45) is 50.2 Å². The molecular weight excluding hydrogens is 1130 g/mol. The van der Waals surface area contributed by atoms with Gasteiger partial charge in [0.05, 0.1) is 56.9 Å². The number of ether oxygens (including phenoxy) is 10. The molecule has 34 atom stereocenters. The van der Waals surface area contributed by atoms with E-state index in [9.17, 15) is 81.7 Å². The molecule has 5 aliphatic heterocycles. The van der Waals surface area contributed by atoms with Gasteiger partial charge in [-0.15, -0.1) is 0 Å². The van der Waals surface area contributed by atoms with Crippen molar-refractivity contribution in [1.82, 2.24) is 0 Å². The van der Waals surface area contributed by atoms with Crippen molar-refractivity contribution in [1.29, 1.82) is 0 Å². The van der Waals surface area contributed by atoms with Gasteiger partial charge in [-0.3, -0.25) is 4.79 Å². The number of hydrogen-bond acceptors (Lipinski definition) is 27. The summed E-state index contributed by atoms with van der Waals surface area (Å²) in [6.07, 6.45) is -35.5. The van der Waals surface area contributed by atoms with Gasteiger partial charge in [0.1, 0.15) is 97.0 Å². The Labute approximate surface area is 493 Å². The highest BCUT2D eigenvalue weighted by Gasteiger charge is 2.73. The van der Waals surface area contributed by atoms with Crippen LogP contribution >= 0.6 is 0 Å². The van der Waals surface area contributed by atoms with Crippen molar-refractivity contribution in [2.75, 3.05) is 26.4 Å². The smallest absolute Gasteiger partial charge is 0.317 e. The van der Waals surface area contributed by atoms with Gasteiger partial charge in [-0.2, -0.15) is 0 Å². The van der Waals surface area contributed by atoms with E-state index in [1.54, 1.807) is 0 Å². The maximum absolute atomic E-state index is 15.5. The van der Waals surface area contributed by atoms with E-state index in [0.717, 1.165) is 5.57 Å². The molecule has 85 heavy (non-hydrogen) atoms. The van der Waals surface area contributed by atoms with Crippen molar-refractivity contribution < 1.29 is 134 Å². The number of allylic oxidation sites excluding steroid dienone is 2. The zero-order chi connectivity index (χ0) is 62.2. The number of rotatable bonds is 12. The van der Waals surface area contributed by atoms with Crippen LogP contribution in [-0.4, -0.2) is 274 Å². The lowest BCUT2D eigenvalue weighted by Gasteiger charge is -2.72. The van der Waals surface area contributed by atoms with Gasteiger partial charge in [-0.25, -0.2) is 0 Å². The minimum atomic E-state index is -1.98. The molecule has 16 N–H and O–H groups in total. The topological polar surface area (TPSA) is 433 Å². The monoisotopic (exact) mass is 1220 g/mol. The highest BCUT2D eigenvalue weighted by atomic mass is 16.8. The summed E-state index contributed by atoms with van der Waals surface area (Å²) in [5.41, 5.74) is -3.99. The summed E-state index contributed by atoms with van der Waals surface area (Å²) in [5, 5.41) is 177. The minimum Gasteiger partial charge on any atom is -0.432 e. The molecular formula is C58H94O27. The van der Waals surface area contributed by atoms with Crippen LogP contribution in [0.25, 0.3) is 0 Å². The highest BCUT2D eigenvalue weighted by molar-refractivity contribution is 5.80. The first kappa shape index (κ1) is 66.1. The molecule has 27 heteroatoms. The fraction of sp³-hybridized carbons (Fsp3) is 0.948. The maximum atomic E-state index is 15.5. The summed E-state index contributed by atoms with van der Waals surface area (Å²) in [6, 6.07) is 0. The molecule has 0 bridgehead atoms. The second-order valence-corrected chi connectivity index (χ2v) is 28.3. The third-order valence-corrected chi connectivity index (χ3v) is 22.8. The average Bonchev–Trinajstić information content (AvgIpc) is 0.724. The number of esters is 1. The van der Waals surface area contributed by atoms with Gasteiger partial charge in [0, 0.05) is 5.41 Å². The number of aliphatic hydroxyl groups excluding tert-OH is 16. The van der Waals surface area contributed by atoms with Gasteiger partial charge in [-0.1, -0.05) is 53.2 Å². The van der Waals surface area contributed by atoms with Crippen LogP contribution in [0.4, 0.5) is 0 Å².